The summed E-state index contributed by atoms with van der Waals surface area (Å²) < 4.78 is 0. The molecule has 1 heterocycles. The van der Waals surface area contributed by atoms with Crippen molar-refractivity contribution in [3.63, 3.8) is 0 Å². The summed E-state index contributed by atoms with van der Waals surface area (Å²) in [5, 5.41) is 10.1. The quantitative estimate of drug-likeness (QED) is 0.801. The maximum atomic E-state index is 11.5. The van der Waals surface area contributed by atoms with Crippen molar-refractivity contribution in [2.75, 3.05) is 25.5 Å². The van der Waals surface area contributed by atoms with E-state index in [0.29, 0.717) is 22.0 Å². The highest BCUT2D eigenvalue weighted by Gasteiger charge is 2.45. The fourth-order valence-corrected chi connectivity index (χ4v) is 3.60. The van der Waals surface area contributed by atoms with Gasteiger partial charge in [0.25, 0.3) is 5.91 Å². The van der Waals surface area contributed by atoms with Gasteiger partial charge in [0, 0.05) is 25.2 Å². The van der Waals surface area contributed by atoms with Gasteiger partial charge in [0.2, 0.25) is 0 Å². The predicted molar refractivity (Wildman–Crippen MR) is 81.4 cm³/mol. The SMILES string of the molecule is CNC(=O)c1ccc(NC2CC3(CCNC3)C2)c(Cl)c1. The molecule has 1 aliphatic carbocycles. The third kappa shape index (κ3) is 2.50. The number of anilines is 1. The van der Waals surface area contributed by atoms with Gasteiger partial charge >= 0.3 is 0 Å². The molecule has 4 nitrogen and oxygen atoms in total. The van der Waals surface area contributed by atoms with Crippen LogP contribution in [-0.2, 0) is 0 Å². The molecule has 20 heavy (non-hydrogen) atoms. The van der Waals surface area contributed by atoms with E-state index in [9.17, 15) is 4.79 Å². The highest BCUT2D eigenvalue weighted by Crippen LogP contribution is 2.47. The van der Waals surface area contributed by atoms with Crippen LogP contribution < -0.4 is 16.0 Å². The number of hydrogen-bond acceptors (Lipinski definition) is 3. The molecule has 0 aromatic heterocycles. The lowest BCUT2D eigenvalue weighted by Crippen LogP contribution is -2.46. The van der Waals surface area contributed by atoms with E-state index in [2.05, 4.69) is 16.0 Å². The molecule has 0 unspecified atom stereocenters. The van der Waals surface area contributed by atoms with Crippen molar-refractivity contribution in [3.05, 3.63) is 28.8 Å². The third-order valence-corrected chi connectivity index (χ3v) is 4.82. The lowest BCUT2D eigenvalue weighted by Gasteiger charge is -2.45. The number of halogens is 1. The van der Waals surface area contributed by atoms with Crippen LogP contribution in [0.2, 0.25) is 5.02 Å². The highest BCUT2D eigenvalue weighted by atomic mass is 35.5. The number of carbonyl (C=O) groups is 1. The van der Waals surface area contributed by atoms with E-state index in [1.54, 1.807) is 19.2 Å². The van der Waals surface area contributed by atoms with E-state index in [1.807, 2.05) is 6.07 Å². The van der Waals surface area contributed by atoms with Crippen molar-refractivity contribution in [2.24, 2.45) is 5.41 Å². The Labute approximate surface area is 124 Å². The Morgan fingerprint density at radius 3 is 2.85 bits per heavy atom. The first-order valence-corrected chi connectivity index (χ1v) is 7.49. The van der Waals surface area contributed by atoms with Crippen molar-refractivity contribution in [2.45, 2.75) is 25.3 Å². The first-order chi connectivity index (χ1) is 9.62. The molecule has 1 aromatic carbocycles. The van der Waals surface area contributed by atoms with Crippen molar-refractivity contribution in [3.8, 4) is 0 Å². The fourth-order valence-electron chi connectivity index (χ4n) is 3.37. The third-order valence-electron chi connectivity index (χ3n) is 4.51. The Morgan fingerprint density at radius 1 is 1.45 bits per heavy atom. The Kier molecular flexibility index (Phi) is 3.61. The van der Waals surface area contributed by atoms with Gasteiger partial charge in [0.1, 0.15) is 0 Å². The summed E-state index contributed by atoms with van der Waals surface area (Å²) in [5.41, 5.74) is 2.03. The summed E-state index contributed by atoms with van der Waals surface area (Å²) in [4.78, 5) is 11.5. The van der Waals surface area contributed by atoms with Gasteiger partial charge in [0.05, 0.1) is 10.7 Å². The van der Waals surface area contributed by atoms with E-state index in [0.717, 1.165) is 18.8 Å². The maximum Gasteiger partial charge on any atom is 0.251 e. The van der Waals surface area contributed by atoms with Crippen molar-refractivity contribution in [1.82, 2.24) is 10.6 Å². The minimum atomic E-state index is -0.113. The number of rotatable bonds is 3. The molecule has 5 heteroatoms. The van der Waals surface area contributed by atoms with Gasteiger partial charge in [-0.1, -0.05) is 11.6 Å². The van der Waals surface area contributed by atoms with Crippen LogP contribution in [0, 0.1) is 5.41 Å². The normalized spacial score (nSPS) is 28.2. The number of hydrogen-bond donors (Lipinski definition) is 3. The molecule has 1 aromatic rings. The zero-order chi connectivity index (χ0) is 14.2. The minimum Gasteiger partial charge on any atom is -0.381 e. The summed E-state index contributed by atoms with van der Waals surface area (Å²) in [7, 11) is 1.62. The second kappa shape index (κ2) is 5.26. The number of benzene rings is 1. The van der Waals surface area contributed by atoms with Crippen LogP contribution in [0.5, 0.6) is 0 Å². The molecule has 0 atom stereocenters. The van der Waals surface area contributed by atoms with Gasteiger partial charge in [-0.2, -0.15) is 0 Å². The summed E-state index contributed by atoms with van der Waals surface area (Å²) in [6, 6.07) is 5.91. The van der Waals surface area contributed by atoms with Crippen LogP contribution in [0.15, 0.2) is 18.2 Å². The zero-order valence-corrected chi connectivity index (χ0v) is 12.4. The second-order valence-corrected chi connectivity index (χ2v) is 6.36. The van der Waals surface area contributed by atoms with Gasteiger partial charge in [-0.3, -0.25) is 4.79 Å². The van der Waals surface area contributed by atoms with Crippen molar-refractivity contribution >= 4 is 23.2 Å². The molecule has 1 amide bonds. The Bertz CT molecular complexity index is 518. The molecule has 0 bridgehead atoms. The molecule has 1 saturated carbocycles. The average molecular weight is 294 g/mol. The predicted octanol–water partition coefficient (Wildman–Crippen LogP) is 2.25. The maximum absolute atomic E-state index is 11.5. The smallest absolute Gasteiger partial charge is 0.251 e. The largest absolute Gasteiger partial charge is 0.381 e. The first kappa shape index (κ1) is 13.7. The first-order valence-electron chi connectivity index (χ1n) is 7.11. The molecule has 2 aliphatic rings. The molecule has 0 radical (unpaired) electrons. The molecule has 3 N–H and O–H groups in total. The highest BCUT2D eigenvalue weighted by molar-refractivity contribution is 6.33. The van der Waals surface area contributed by atoms with E-state index >= 15 is 0 Å². The van der Waals surface area contributed by atoms with Crippen molar-refractivity contribution in [1.29, 1.82) is 0 Å². The van der Waals surface area contributed by atoms with Gasteiger partial charge in [0.15, 0.2) is 0 Å². The Morgan fingerprint density at radius 2 is 2.25 bits per heavy atom. The standard InChI is InChI=1S/C15H20ClN3O/c1-17-14(20)10-2-3-13(12(16)6-10)19-11-7-15(8-11)4-5-18-9-15/h2-3,6,11,18-19H,4-5,7-9H2,1H3,(H,17,20). The number of carbonyl (C=O) groups excluding carboxylic acids is 1. The Balaban J connectivity index is 1.62. The van der Waals surface area contributed by atoms with E-state index in [4.69, 9.17) is 11.6 Å². The summed E-state index contributed by atoms with van der Waals surface area (Å²) >= 11 is 6.25. The van der Waals surface area contributed by atoms with Gasteiger partial charge in [-0.05, 0) is 49.4 Å². The lowest BCUT2D eigenvalue weighted by atomic mass is 9.65. The molecule has 1 aliphatic heterocycles. The van der Waals surface area contributed by atoms with Gasteiger partial charge < -0.3 is 16.0 Å². The minimum absolute atomic E-state index is 0.113. The van der Waals surface area contributed by atoms with E-state index in [1.165, 1.54) is 19.3 Å². The fraction of sp³-hybridized carbons (Fsp3) is 0.533. The summed E-state index contributed by atoms with van der Waals surface area (Å²) in [5.74, 6) is -0.113. The van der Waals surface area contributed by atoms with E-state index in [-0.39, 0.29) is 5.91 Å². The second-order valence-electron chi connectivity index (χ2n) is 5.95. The van der Waals surface area contributed by atoms with Crippen LogP contribution in [-0.4, -0.2) is 32.1 Å². The molecular formula is C15H20ClN3O. The number of nitrogens with one attached hydrogen (secondary N) is 3. The summed E-state index contributed by atoms with van der Waals surface area (Å²) in [6.07, 6.45) is 3.69. The zero-order valence-electron chi connectivity index (χ0n) is 11.6. The van der Waals surface area contributed by atoms with Crippen LogP contribution in [0.3, 0.4) is 0 Å². The van der Waals surface area contributed by atoms with E-state index < -0.39 is 0 Å². The topological polar surface area (TPSA) is 53.2 Å². The average Bonchev–Trinajstić information content (AvgIpc) is 2.89. The molecule has 108 valence electrons. The Hall–Kier alpha value is -1.26. The molecule has 3 rings (SSSR count). The lowest BCUT2D eigenvalue weighted by molar-refractivity contribution is 0.0963. The van der Waals surface area contributed by atoms with Gasteiger partial charge in [-0.25, -0.2) is 0 Å². The molecule has 1 spiro atoms. The van der Waals surface area contributed by atoms with Crippen molar-refractivity contribution < 1.29 is 4.79 Å². The molecular weight excluding hydrogens is 274 g/mol. The summed E-state index contributed by atoms with van der Waals surface area (Å²) in [6.45, 7) is 2.29. The van der Waals surface area contributed by atoms with Crippen LogP contribution in [0.4, 0.5) is 5.69 Å². The number of amides is 1. The molecule has 2 fully saturated rings. The van der Waals surface area contributed by atoms with Crippen LogP contribution in [0.1, 0.15) is 29.6 Å². The van der Waals surface area contributed by atoms with Crippen LogP contribution in [0.25, 0.3) is 0 Å². The van der Waals surface area contributed by atoms with Gasteiger partial charge in [-0.15, -0.1) is 0 Å². The molecule has 1 saturated heterocycles. The van der Waals surface area contributed by atoms with Crippen LogP contribution >= 0.6 is 11.6 Å². The monoisotopic (exact) mass is 293 g/mol.